The zero-order valence-corrected chi connectivity index (χ0v) is 16.9. The first-order chi connectivity index (χ1) is 13.0. The summed E-state index contributed by atoms with van der Waals surface area (Å²) < 4.78 is 5.05. The third-order valence-corrected chi connectivity index (χ3v) is 5.33. The summed E-state index contributed by atoms with van der Waals surface area (Å²) in [4.78, 5) is 37.6. The first-order valence-electron chi connectivity index (χ1n) is 9.34. The monoisotopic (exact) mass is 392 g/mol. The van der Waals surface area contributed by atoms with Gasteiger partial charge in [0.15, 0.2) is 6.61 Å². The molecule has 0 saturated carbocycles. The van der Waals surface area contributed by atoms with E-state index >= 15 is 0 Å². The highest BCUT2D eigenvalue weighted by atomic mass is 32.2. The highest BCUT2D eigenvalue weighted by Crippen LogP contribution is 2.16. The Balaban J connectivity index is 1.63. The third kappa shape index (κ3) is 7.62. The molecule has 27 heavy (non-hydrogen) atoms. The SMILES string of the molecule is Cc1ccc(NC(=O)CSCC(=O)OCC(=O)N2CCCCCC2)c(C)c1. The highest BCUT2D eigenvalue weighted by molar-refractivity contribution is 8.00. The fourth-order valence-corrected chi connectivity index (χ4v) is 3.57. The van der Waals surface area contributed by atoms with Crippen LogP contribution in [0.3, 0.4) is 0 Å². The summed E-state index contributed by atoms with van der Waals surface area (Å²) in [5.41, 5.74) is 2.91. The van der Waals surface area contributed by atoms with E-state index in [1.165, 1.54) is 11.8 Å². The maximum atomic E-state index is 12.1. The molecule has 0 spiro atoms. The Morgan fingerprint density at radius 2 is 1.78 bits per heavy atom. The molecule has 1 N–H and O–H groups in total. The summed E-state index contributed by atoms with van der Waals surface area (Å²) in [6, 6.07) is 5.81. The second-order valence-corrected chi connectivity index (χ2v) is 7.80. The largest absolute Gasteiger partial charge is 0.455 e. The topological polar surface area (TPSA) is 75.7 Å². The number of nitrogens with zero attached hydrogens (tertiary/aromatic N) is 1. The summed E-state index contributed by atoms with van der Waals surface area (Å²) >= 11 is 1.18. The molecule has 1 saturated heterocycles. The van der Waals surface area contributed by atoms with Crippen LogP contribution in [0.5, 0.6) is 0 Å². The van der Waals surface area contributed by atoms with Crippen LogP contribution in [0.15, 0.2) is 18.2 Å². The highest BCUT2D eigenvalue weighted by Gasteiger charge is 2.17. The van der Waals surface area contributed by atoms with Gasteiger partial charge in [0.2, 0.25) is 5.91 Å². The van der Waals surface area contributed by atoms with Gasteiger partial charge < -0.3 is 15.0 Å². The van der Waals surface area contributed by atoms with E-state index in [0.717, 1.165) is 55.6 Å². The molecule has 0 aromatic heterocycles. The number of esters is 1. The smallest absolute Gasteiger partial charge is 0.316 e. The van der Waals surface area contributed by atoms with Crippen LogP contribution in [-0.4, -0.2) is 53.9 Å². The zero-order valence-electron chi connectivity index (χ0n) is 16.1. The molecule has 0 bridgehead atoms. The second kappa shape index (κ2) is 11.0. The number of carbonyl (C=O) groups excluding carboxylic acids is 3. The molecule has 1 aromatic rings. The molecule has 0 unspecified atom stereocenters. The summed E-state index contributed by atoms with van der Waals surface area (Å²) in [7, 11) is 0. The minimum absolute atomic E-state index is 0.0492. The molecule has 1 heterocycles. The zero-order chi connectivity index (χ0) is 19.6. The van der Waals surface area contributed by atoms with Crippen LogP contribution >= 0.6 is 11.8 Å². The number of hydrogen-bond acceptors (Lipinski definition) is 5. The number of ether oxygens (including phenoxy) is 1. The predicted molar refractivity (Wildman–Crippen MR) is 108 cm³/mol. The summed E-state index contributed by atoms with van der Waals surface area (Å²) in [5.74, 6) is -0.568. The molecule has 1 aliphatic rings. The Hall–Kier alpha value is -2.02. The van der Waals surface area contributed by atoms with Gasteiger partial charge in [0, 0.05) is 18.8 Å². The third-order valence-electron chi connectivity index (χ3n) is 4.42. The molecule has 0 radical (unpaired) electrons. The van der Waals surface area contributed by atoms with Crippen molar-refractivity contribution < 1.29 is 19.1 Å². The number of aryl methyl sites for hydroxylation is 2. The van der Waals surface area contributed by atoms with E-state index in [4.69, 9.17) is 4.74 Å². The molecule has 1 fully saturated rings. The van der Waals surface area contributed by atoms with Gasteiger partial charge in [-0.25, -0.2) is 0 Å². The number of hydrogen-bond donors (Lipinski definition) is 1. The number of thioether (sulfide) groups is 1. The maximum absolute atomic E-state index is 12.1. The first-order valence-corrected chi connectivity index (χ1v) is 10.5. The fraction of sp³-hybridized carbons (Fsp3) is 0.550. The van der Waals surface area contributed by atoms with E-state index in [9.17, 15) is 14.4 Å². The number of nitrogens with one attached hydrogen (secondary N) is 1. The minimum atomic E-state index is -0.470. The lowest BCUT2D eigenvalue weighted by atomic mass is 10.1. The molecule has 7 heteroatoms. The molecular weight excluding hydrogens is 364 g/mol. The van der Waals surface area contributed by atoms with Crippen LogP contribution in [0.25, 0.3) is 0 Å². The van der Waals surface area contributed by atoms with E-state index in [1.54, 1.807) is 4.90 Å². The normalized spacial score (nSPS) is 14.4. The molecule has 1 aliphatic heterocycles. The first kappa shape index (κ1) is 21.3. The van der Waals surface area contributed by atoms with E-state index in [0.29, 0.717) is 0 Å². The van der Waals surface area contributed by atoms with Gasteiger partial charge in [0.1, 0.15) is 0 Å². The number of benzene rings is 1. The predicted octanol–water partition coefficient (Wildman–Crippen LogP) is 2.92. The quantitative estimate of drug-likeness (QED) is 0.722. The molecule has 2 amide bonds. The van der Waals surface area contributed by atoms with Crippen LogP contribution in [0.2, 0.25) is 0 Å². The summed E-state index contributed by atoms with van der Waals surface area (Å²) in [5, 5.41) is 2.84. The van der Waals surface area contributed by atoms with E-state index in [-0.39, 0.29) is 29.9 Å². The van der Waals surface area contributed by atoms with Gasteiger partial charge in [0.25, 0.3) is 5.91 Å². The molecule has 2 rings (SSSR count). The Bertz CT molecular complexity index is 670. The Morgan fingerprint density at radius 1 is 1.07 bits per heavy atom. The summed E-state index contributed by atoms with van der Waals surface area (Å²) in [6.07, 6.45) is 4.30. The number of amides is 2. The molecular formula is C20H28N2O4S. The van der Waals surface area contributed by atoms with Crippen molar-refractivity contribution in [3.05, 3.63) is 29.3 Å². The maximum Gasteiger partial charge on any atom is 0.316 e. The minimum Gasteiger partial charge on any atom is -0.455 e. The van der Waals surface area contributed by atoms with E-state index in [2.05, 4.69) is 5.32 Å². The van der Waals surface area contributed by atoms with E-state index < -0.39 is 5.97 Å². The van der Waals surface area contributed by atoms with Crippen LogP contribution in [-0.2, 0) is 19.1 Å². The van der Waals surface area contributed by atoms with Crippen LogP contribution < -0.4 is 5.32 Å². The van der Waals surface area contributed by atoms with Crippen molar-refractivity contribution in [2.45, 2.75) is 39.5 Å². The molecule has 0 atom stereocenters. The Morgan fingerprint density at radius 3 is 2.44 bits per heavy atom. The fourth-order valence-electron chi connectivity index (χ4n) is 2.96. The average molecular weight is 393 g/mol. The van der Waals surface area contributed by atoms with Crippen molar-refractivity contribution in [3.8, 4) is 0 Å². The lowest BCUT2D eigenvalue weighted by Gasteiger charge is -2.19. The van der Waals surface area contributed by atoms with Crippen molar-refractivity contribution in [1.29, 1.82) is 0 Å². The van der Waals surface area contributed by atoms with Crippen LogP contribution in [0, 0.1) is 13.8 Å². The van der Waals surface area contributed by atoms with Crippen molar-refractivity contribution in [2.75, 3.05) is 36.5 Å². The molecule has 1 aromatic carbocycles. The second-order valence-electron chi connectivity index (χ2n) is 6.82. The number of carbonyl (C=O) groups is 3. The number of rotatable bonds is 7. The van der Waals surface area contributed by atoms with Gasteiger partial charge >= 0.3 is 5.97 Å². The van der Waals surface area contributed by atoms with Crippen LogP contribution in [0.1, 0.15) is 36.8 Å². The average Bonchev–Trinajstić information content (AvgIpc) is 2.91. The molecule has 0 aliphatic carbocycles. The lowest BCUT2D eigenvalue weighted by Crippen LogP contribution is -2.35. The molecule has 6 nitrogen and oxygen atoms in total. The van der Waals surface area contributed by atoms with Crippen molar-refractivity contribution >= 4 is 35.2 Å². The van der Waals surface area contributed by atoms with Crippen molar-refractivity contribution in [2.24, 2.45) is 0 Å². The van der Waals surface area contributed by atoms with Crippen molar-refractivity contribution in [3.63, 3.8) is 0 Å². The summed E-state index contributed by atoms with van der Waals surface area (Å²) in [6.45, 7) is 5.20. The van der Waals surface area contributed by atoms with Gasteiger partial charge in [-0.15, -0.1) is 11.8 Å². The standard InChI is InChI=1S/C20H28N2O4S/c1-15-7-8-17(16(2)11-15)21-18(23)13-27-14-20(25)26-12-19(24)22-9-5-3-4-6-10-22/h7-8,11H,3-6,9-10,12-14H2,1-2H3,(H,21,23). The van der Waals surface area contributed by atoms with Gasteiger partial charge in [-0.2, -0.15) is 0 Å². The number of anilines is 1. The lowest BCUT2D eigenvalue weighted by molar-refractivity contribution is -0.149. The van der Waals surface area contributed by atoms with Gasteiger partial charge in [-0.1, -0.05) is 30.5 Å². The van der Waals surface area contributed by atoms with Gasteiger partial charge in [-0.3, -0.25) is 14.4 Å². The van der Waals surface area contributed by atoms with Gasteiger partial charge in [-0.05, 0) is 38.3 Å². The molecule has 148 valence electrons. The van der Waals surface area contributed by atoms with Crippen molar-refractivity contribution in [1.82, 2.24) is 4.90 Å². The van der Waals surface area contributed by atoms with E-state index in [1.807, 2.05) is 32.0 Å². The van der Waals surface area contributed by atoms with Gasteiger partial charge in [0.05, 0.1) is 11.5 Å². The Labute approximate surface area is 165 Å². The Kier molecular flexibility index (Phi) is 8.64. The number of likely N-dealkylation sites (tertiary alicyclic amines) is 1. The van der Waals surface area contributed by atoms with Crippen LogP contribution in [0.4, 0.5) is 5.69 Å².